The molecule has 0 aliphatic carbocycles. The van der Waals surface area contributed by atoms with Gasteiger partial charge >= 0.3 is 0 Å². The lowest BCUT2D eigenvalue weighted by Gasteiger charge is -2.40. The molecule has 0 bridgehead atoms. The number of hydrogen-bond donors (Lipinski definition) is 4. The molecule has 8 heteroatoms. The lowest BCUT2D eigenvalue weighted by molar-refractivity contribution is -0.247. The summed E-state index contributed by atoms with van der Waals surface area (Å²) in [5.41, 5.74) is 1.63. The Morgan fingerprint density at radius 1 is 1.20 bits per heavy atom. The molecule has 2 heterocycles. The zero-order chi connectivity index (χ0) is 21.7. The number of rotatable bonds is 5. The van der Waals surface area contributed by atoms with Gasteiger partial charge in [0.15, 0.2) is 6.29 Å². The van der Waals surface area contributed by atoms with Gasteiger partial charge in [-0.25, -0.2) is 0 Å². The maximum Gasteiger partial charge on any atom is 0.262 e. The lowest BCUT2D eigenvalue weighted by Crippen LogP contribution is -2.63. The van der Waals surface area contributed by atoms with Crippen molar-refractivity contribution in [2.24, 2.45) is 0 Å². The second-order valence-corrected chi connectivity index (χ2v) is 7.76. The molecule has 162 valence electrons. The summed E-state index contributed by atoms with van der Waals surface area (Å²) in [6.07, 6.45) is 0.577. The first-order chi connectivity index (χ1) is 14.4. The molecule has 0 aromatic heterocycles. The van der Waals surface area contributed by atoms with Crippen molar-refractivity contribution in [3.63, 3.8) is 0 Å². The van der Waals surface area contributed by atoms with E-state index in [2.05, 4.69) is 10.2 Å². The van der Waals surface area contributed by atoms with E-state index in [9.17, 15) is 25.4 Å². The summed E-state index contributed by atoms with van der Waals surface area (Å²) in [5, 5.41) is 42.2. The fourth-order valence-corrected chi connectivity index (χ4v) is 3.92. The number of anilines is 1. The molecular weight excluding hydrogens is 386 g/mol. The van der Waals surface area contributed by atoms with Crippen LogP contribution in [0.2, 0.25) is 0 Å². The van der Waals surface area contributed by atoms with Gasteiger partial charge < -0.3 is 30.3 Å². The summed E-state index contributed by atoms with van der Waals surface area (Å²) in [5.74, 6) is -0.758. The summed E-state index contributed by atoms with van der Waals surface area (Å²) in [4.78, 5) is 14.9. The number of aliphatic hydroxyl groups excluding tert-OH is 3. The molecular formula is C22H29N3O5. The van der Waals surface area contributed by atoms with E-state index in [0.717, 1.165) is 18.8 Å². The number of carbonyl (C=O) groups excluding carboxylic acids is 1. The highest BCUT2D eigenvalue weighted by atomic mass is 16.6. The predicted octanol–water partition coefficient (Wildman–Crippen LogP) is 0.918. The molecule has 2 aliphatic rings. The van der Waals surface area contributed by atoms with Crippen LogP contribution in [0.25, 0.3) is 6.08 Å². The van der Waals surface area contributed by atoms with E-state index in [0.29, 0.717) is 12.0 Å². The molecule has 2 aliphatic heterocycles. The van der Waals surface area contributed by atoms with E-state index in [1.54, 1.807) is 6.92 Å². The Hall–Kier alpha value is -2.44. The van der Waals surface area contributed by atoms with Crippen LogP contribution in [0, 0.1) is 11.3 Å². The number of benzene rings is 1. The van der Waals surface area contributed by atoms with E-state index >= 15 is 0 Å². The van der Waals surface area contributed by atoms with E-state index in [1.807, 2.05) is 30.3 Å². The Balaban J connectivity index is 1.68. The van der Waals surface area contributed by atoms with Crippen molar-refractivity contribution in [1.29, 1.82) is 5.26 Å². The van der Waals surface area contributed by atoms with Gasteiger partial charge in [0.1, 0.15) is 29.9 Å². The molecule has 5 atom stereocenters. The van der Waals surface area contributed by atoms with Gasteiger partial charge in [-0.1, -0.05) is 19.1 Å². The molecule has 4 N–H and O–H groups in total. The second-order valence-electron chi connectivity index (χ2n) is 7.76. The van der Waals surface area contributed by atoms with Gasteiger partial charge in [-0.05, 0) is 49.5 Å². The maximum atomic E-state index is 12.5. The maximum absolute atomic E-state index is 12.5. The lowest BCUT2D eigenvalue weighted by atomic mass is 9.95. The fraction of sp³-hybridized carbons (Fsp3) is 0.545. The zero-order valence-corrected chi connectivity index (χ0v) is 17.1. The van der Waals surface area contributed by atoms with Crippen molar-refractivity contribution in [2.75, 3.05) is 18.0 Å². The van der Waals surface area contributed by atoms with Crippen LogP contribution < -0.4 is 10.2 Å². The molecule has 3 rings (SSSR count). The van der Waals surface area contributed by atoms with E-state index in [1.165, 1.54) is 25.3 Å². The van der Waals surface area contributed by atoms with E-state index in [-0.39, 0.29) is 5.57 Å². The summed E-state index contributed by atoms with van der Waals surface area (Å²) in [6.45, 7) is 3.80. The Bertz CT molecular complexity index is 798. The van der Waals surface area contributed by atoms with Crippen LogP contribution in [0.3, 0.4) is 0 Å². The minimum Gasteiger partial charge on any atom is -0.388 e. The highest BCUT2D eigenvalue weighted by Crippen LogP contribution is 2.23. The zero-order valence-electron chi connectivity index (χ0n) is 17.1. The Morgan fingerprint density at radius 3 is 2.47 bits per heavy atom. The van der Waals surface area contributed by atoms with Crippen LogP contribution >= 0.6 is 0 Å². The number of carbonyl (C=O) groups is 1. The molecule has 0 saturated carbocycles. The first-order valence-corrected chi connectivity index (χ1v) is 10.4. The summed E-state index contributed by atoms with van der Waals surface area (Å²) < 4.78 is 5.26. The Kier molecular flexibility index (Phi) is 7.45. The molecule has 30 heavy (non-hydrogen) atoms. The quantitative estimate of drug-likeness (QED) is 0.416. The minimum atomic E-state index is -1.49. The Labute approximate surface area is 176 Å². The van der Waals surface area contributed by atoms with Crippen LogP contribution in [-0.2, 0) is 9.53 Å². The number of hydrogen-bond acceptors (Lipinski definition) is 7. The van der Waals surface area contributed by atoms with E-state index < -0.39 is 36.6 Å². The van der Waals surface area contributed by atoms with Gasteiger partial charge in [-0.2, -0.15) is 5.26 Å². The van der Waals surface area contributed by atoms with Crippen molar-refractivity contribution in [2.45, 2.75) is 63.3 Å². The van der Waals surface area contributed by atoms with Gasteiger partial charge in [0.2, 0.25) is 0 Å². The standard InChI is InChI=1S/C22H29N3O5/c1-2-17-19(26)20(27)18(22(29)30-17)24-21(28)15(13-23)12-14-6-8-16(9-7-14)25-10-4-3-5-11-25/h6-9,12,17-20,22,26-27,29H,2-5,10-11H2,1H3,(H,24,28)/b15-12+/t17-,18-,19-,20-,22?/m1/s1. The number of ether oxygens (including phenoxy) is 1. The highest BCUT2D eigenvalue weighted by molar-refractivity contribution is 6.01. The molecule has 1 aromatic carbocycles. The molecule has 8 nitrogen and oxygen atoms in total. The van der Waals surface area contributed by atoms with Crippen molar-refractivity contribution < 1.29 is 24.9 Å². The number of amides is 1. The van der Waals surface area contributed by atoms with Gasteiger partial charge in [0.05, 0.1) is 6.10 Å². The number of aliphatic hydroxyl groups is 3. The van der Waals surface area contributed by atoms with Crippen molar-refractivity contribution >= 4 is 17.7 Å². The predicted molar refractivity (Wildman–Crippen MR) is 111 cm³/mol. The Morgan fingerprint density at radius 2 is 1.87 bits per heavy atom. The van der Waals surface area contributed by atoms with Crippen LogP contribution in [0.5, 0.6) is 0 Å². The van der Waals surface area contributed by atoms with Gasteiger partial charge in [0.25, 0.3) is 5.91 Å². The van der Waals surface area contributed by atoms with Crippen LogP contribution in [0.4, 0.5) is 5.69 Å². The third-order valence-electron chi connectivity index (χ3n) is 5.71. The largest absolute Gasteiger partial charge is 0.388 e. The molecule has 1 amide bonds. The molecule has 2 fully saturated rings. The normalized spacial score (nSPS) is 29.9. The van der Waals surface area contributed by atoms with Crippen molar-refractivity contribution in [3.05, 3.63) is 35.4 Å². The molecule has 1 unspecified atom stereocenters. The molecule has 1 aromatic rings. The van der Waals surface area contributed by atoms with Crippen molar-refractivity contribution in [3.8, 4) is 6.07 Å². The van der Waals surface area contributed by atoms with Crippen molar-refractivity contribution in [1.82, 2.24) is 5.32 Å². The monoisotopic (exact) mass is 415 g/mol. The minimum absolute atomic E-state index is 0.174. The van der Waals surface area contributed by atoms with Crippen LogP contribution in [0.1, 0.15) is 38.2 Å². The highest BCUT2D eigenvalue weighted by Gasteiger charge is 2.44. The van der Waals surface area contributed by atoms with Gasteiger partial charge in [0, 0.05) is 18.8 Å². The molecule has 0 radical (unpaired) electrons. The van der Waals surface area contributed by atoms with E-state index in [4.69, 9.17) is 4.74 Å². The summed E-state index contributed by atoms with van der Waals surface area (Å²) in [6, 6.07) is 8.23. The topological polar surface area (TPSA) is 126 Å². The second kappa shape index (κ2) is 10.0. The fourth-order valence-electron chi connectivity index (χ4n) is 3.92. The third kappa shape index (κ3) is 4.99. The average Bonchev–Trinajstić information content (AvgIpc) is 2.78. The molecule has 2 saturated heterocycles. The number of nitrogens with one attached hydrogen (secondary N) is 1. The number of piperidine rings is 1. The molecule has 0 spiro atoms. The summed E-state index contributed by atoms with van der Waals surface area (Å²) >= 11 is 0. The first-order valence-electron chi connectivity index (χ1n) is 10.4. The third-order valence-corrected chi connectivity index (χ3v) is 5.71. The van der Waals surface area contributed by atoms with Crippen LogP contribution in [-0.4, -0.2) is 65.0 Å². The summed E-state index contributed by atoms with van der Waals surface area (Å²) in [7, 11) is 0. The van der Waals surface area contributed by atoms with Gasteiger partial charge in [-0.3, -0.25) is 4.79 Å². The number of nitriles is 1. The SMILES string of the molecule is CC[C@H]1OC(O)[C@H](NC(=O)/C(C#N)=C/c2ccc(N3CCCCC3)cc2)[C@@H](O)[C@@H]1O. The van der Waals surface area contributed by atoms with Crippen LogP contribution in [0.15, 0.2) is 29.8 Å². The number of nitrogens with zero attached hydrogens (tertiary/aromatic N) is 2. The smallest absolute Gasteiger partial charge is 0.262 e. The van der Waals surface area contributed by atoms with Gasteiger partial charge in [-0.15, -0.1) is 0 Å². The average molecular weight is 415 g/mol. The first kappa shape index (κ1) is 22.2.